The van der Waals surface area contributed by atoms with E-state index in [2.05, 4.69) is 16.9 Å². The Kier molecular flexibility index (Phi) is 9.86. The number of aryl methyl sites for hydroxylation is 1. The smallest absolute Gasteiger partial charge is 0.308 e. The number of carbonyl (C=O) groups excluding carboxylic acids is 1. The fourth-order valence-electron chi connectivity index (χ4n) is 6.21. The van der Waals surface area contributed by atoms with Crippen molar-refractivity contribution in [1.29, 1.82) is 0 Å². The van der Waals surface area contributed by atoms with E-state index in [0.29, 0.717) is 49.5 Å². The van der Waals surface area contributed by atoms with E-state index in [-0.39, 0.29) is 25.9 Å². The molecule has 1 aromatic heterocycles. The third kappa shape index (κ3) is 6.79. The van der Waals surface area contributed by atoms with Crippen LogP contribution < -0.4 is 20.1 Å². The molecule has 2 aliphatic heterocycles. The summed E-state index contributed by atoms with van der Waals surface area (Å²) in [6, 6.07) is 12.7. The van der Waals surface area contributed by atoms with Crippen molar-refractivity contribution in [1.82, 2.24) is 14.9 Å². The molecule has 1 fully saturated rings. The number of hydrogen-bond donors (Lipinski definition) is 3. The Morgan fingerprint density at radius 1 is 1.19 bits per heavy atom. The zero-order valence-corrected chi connectivity index (χ0v) is 24.4. The monoisotopic (exact) mass is 589 g/mol. The van der Waals surface area contributed by atoms with Gasteiger partial charge in [0.2, 0.25) is 12.7 Å². The summed E-state index contributed by atoms with van der Waals surface area (Å²) in [7, 11) is 0. The van der Waals surface area contributed by atoms with Gasteiger partial charge in [-0.05, 0) is 60.7 Å². The molecule has 0 saturated carbocycles. The van der Waals surface area contributed by atoms with E-state index in [1.807, 2.05) is 35.2 Å². The first-order valence-corrected chi connectivity index (χ1v) is 14.8. The molecule has 2 aliphatic rings. The van der Waals surface area contributed by atoms with Crippen molar-refractivity contribution in [2.45, 2.75) is 57.7 Å². The Morgan fingerprint density at radius 3 is 2.77 bits per heavy atom. The number of unbranched alkanes of at least 4 members (excludes halogenated alkanes) is 1. The molecule has 3 heterocycles. The molecule has 3 aromatic rings. The summed E-state index contributed by atoms with van der Waals surface area (Å²) in [5, 5.41) is 20.6. The number of aromatic nitrogens is 2. The first-order valence-electron chi connectivity index (χ1n) is 14.8. The highest BCUT2D eigenvalue weighted by Crippen LogP contribution is 2.44. The SMILES string of the molecule is CCCCN(C(=O)CN1C[C@H](c2cc(CO)c3c(c2)OCO3)[C@@H](C(=O)O)[C@@H]1CCc1ccncn1)c1cccc(CN)c1. The van der Waals surface area contributed by atoms with Crippen molar-refractivity contribution < 1.29 is 29.3 Å². The molecule has 0 spiro atoms. The quantitative estimate of drug-likeness (QED) is 0.271. The Hall–Kier alpha value is -4.06. The van der Waals surface area contributed by atoms with E-state index in [4.69, 9.17) is 15.2 Å². The fraction of sp³-hybridized carbons (Fsp3) is 0.438. The molecule has 4 N–H and O–H groups in total. The van der Waals surface area contributed by atoms with Gasteiger partial charge in [0.1, 0.15) is 6.33 Å². The summed E-state index contributed by atoms with van der Waals surface area (Å²) in [5.41, 5.74) is 9.70. The molecule has 0 unspecified atom stereocenters. The largest absolute Gasteiger partial charge is 0.481 e. The molecular formula is C32H39N5O6. The lowest BCUT2D eigenvalue weighted by atomic mass is 9.83. The summed E-state index contributed by atoms with van der Waals surface area (Å²) in [6.45, 7) is 3.19. The standard InChI is InChI=1S/C32H39N5O6/c1-2-3-11-37(25-6-4-5-21(12-25)15-33)29(39)17-36-16-26(22-13-23(18-38)31-28(14-22)42-20-43-31)30(32(40)41)27(36)8-7-24-9-10-34-19-35-24/h4-6,9-10,12-14,19,26-27,30,38H,2-3,7-8,11,15-18,20,33H2,1H3,(H,40,41)/t26-,27+,30-/m1/s1. The molecule has 0 radical (unpaired) electrons. The van der Waals surface area contributed by atoms with E-state index < -0.39 is 23.8 Å². The molecule has 0 bridgehead atoms. The van der Waals surface area contributed by atoms with Crippen LogP contribution in [0.15, 0.2) is 55.0 Å². The number of likely N-dealkylation sites (tertiary alicyclic amines) is 1. The van der Waals surface area contributed by atoms with Crippen molar-refractivity contribution in [3.05, 3.63) is 77.4 Å². The van der Waals surface area contributed by atoms with E-state index in [9.17, 15) is 19.8 Å². The molecule has 228 valence electrons. The van der Waals surface area contributed by atoms with Crippen molar-refractivity contribution in [3.8, 4) is 11.5 Å². The van der Waals surface area contributed by atoms with Gasteiger partial charge >= 0.3 is 5.97 Å². The Labute approximate surface area is 251 Å². The number of hydrogen-bond acceptors (Lipinski definition) is 9. The molecule has 1 saturated heterocycles. The van der Waals surface area contributed by atoms with Gasteiger partial charge in [-0.3, -0.25) is 14.5 Å². The number of anilines is 1. The van der Waals surface area contributed by atoms with Crippen LogP contribution in [0.1, 0.15) is 54.5 Å². The number of amides is 1. The van der Waals surface area contributed by atoms with Crippen LogP contribution in [-0.2, 0) is 29.2 Å². The second-order valence-corrected chi connectivity index (χ2v) is 11.1. The number of ether oxygens (including phenoxy) is 2. The number of nitrogens with two attached hydrogens (primary N) is 1. The molecule has 1 amide bonds. The molecule has 43 heavy (non-hydrogen) atoms. The van der Waals surface area contributed by atoms with Gasteiger partial charge in [0.05, 0.1) is 19.1 Å². The van der Waals surface area contributed by atoms with E-state index in [0.717, 1.165) is 35.3 Å². The zero-order valence-electron chi connectivity index (χ0n) is 24.4. The van der Waals surface area contributed by atoms with Gasteiger partial charge < -0.3 is 30.3 Å². The van der Waals surface area contributed by atoms with Gasteiger partial charge in [-0.1, -0.05) is 25.5 Å². The Morgan fingerprint density at radius 2 is 2.05 bits per heavy atom. The van der Waals surface area contributed by atoms with Gasteiger partial charge in [0.15, 0.2) is 11.5 Å². The van der Waals surface area contributed by atoms with Crippen LogP contribution in [0.4, 0.5) is 5.69 Å². The van der Waals surface area contributed by atoms with E-state index >= 15 is 0 Å². The zero-order chi connectivity index (χ0) is 30.3. The second-order valence-electron chi connectivity index (χ2n) is 11.1. The van der Waals surface area contributed by atoms with Crippen LogP contribution in [0.3, 0.4) is 0 Å². The highest BCUT2D eigenvalue weighted by Gasteiger charge is 2.47. The van der Waals surface area contributed by atoms with Crippen LogP contribution in [0.5, 0.6) is 11.5 Å². The van der Waals surface area contributed by atoms with Crippen LogP contribution in [0.2, 0.25) is 0 Å². The maximum absolute atomic E-state index is 14.0. The average molecular weight is 590 g/mol. The number of rotatable bonds is 13. The normalized spacial score (nSPS) is 19.5. The lowest BCUT2D eigenvalue weighted by Crippen LogP contribution is -2.44. The summed E-state index contributed by atoms with van der Waals surface area (Å²) < 4.78 is 11.2. The van der Waals surface area contributed by atoms with Crippen LogP contribution >= 0.6 is 0 Å². The van der Waals surface area contributed by atoms with Crippen molar-refractivity contribution in [3.63, 3.8) is 0 Å². The van der Waals surface area contributed by atoms with Crippen molar-refractivity contribution in [2.75, 3.05) is 31.3 Å². The molecule has 11 nitrogen and oxygen atoms in total. The third-order valence-electron chi connectivity index (χ3n) is 8.38. The molecule has 5 rings (SSSR count). The van der Waals surface area contributed by atoms with Crippen LogP contribution in [0.25, 0.3) is 0 Å². The summed E-state index contributed by atoms with van der Waals surface area (Å²) >= 11 is 0. The Bertz CT molecular complexity index is 1420. The lowest BCUT2D eigenvalue weighted by Gasteiger charge is -2.30. The molecular weight excluding hydrogens is 550 g/mol. The molecule has 3 atom stereocenters. The number of nitrogens with zero attached hydrogens (tertiary/aromatic N) is 4. The van der Waals surface area contributed by atoms with Gasteiger partial charge in [-0.2, -0.15) is 0 Å². The maximum Gasteiger partial charge on any atom is 0.308 e. The maximum atomic E-state index is 14.0. The van der Waals surface area contributed by atoms with E-state index in [1.54, 1.807) is 23.2 Å². The minimum absolute atomic E-state index is 0.0416. The number of benzene rings is 2. The van der Waals surface area contributed by atoms with Gasteiger partial charge in [-0.25, -0.2) is 9.97 Å². The minimum atomic E-state index is -0.936. The fourth-order valence-corrected chi connectivity index (χ4v) is 6.21. The number of aliphatic carboxylic acids is 1. The number of carbonyl (C=O) groups is 2. The summed E-state index contributed by atoms with van der Waals surface area (Å²) in [4.78, 5) is 39.1. The second kappa shape index (κ2) is 13.9. The van der Waals surface area contributed by atoms with Crippen molar-refractivity contribution in [2.24, 2.45) is 11.7 Å². The molecule has 11 heteroatoms. The topological polar surface area (TPSA) is 151 Å². The summed E-state index contributed by atoms with van der Waals surface area (Å²) in [6.07, 6.45) is 5.93. The first kappa shape index (κ1) is 30.4. The molecule has 0 aliphatic carbocycles. The van der Waals surface area contributed by atoms with Gasteiger partial charge in [0, 0.05) is 54.7 Å². The minimum Gasteiger partial charge on any atom is -0.481 e. The number of carboxylic acids is 1. The van der Waals surface area contributed by atoms with Gasteiger partial charge in [-0.15, -0.1) is 0 Å². The third-order valence-corrected chi connectivity index (χ3v) is 8.38. The predicted octanol–water partition coefficient (Wildman–Crippen LogP) is 3.09. The van der Waals surface area contributed by atoms with Crippen LogP contribution in [-0.4, -0.2) is 69.4 Å². The lowest BCUT2D eigenvalue weighted by molar-refractivity contribution is -0.143. The number of carboxylic acid groups (broad SMARTS) is 1. The van der Waals surface area contributed by atoms with Gasteiger partial charge in [0.25, 0.3) is 0 Å². The number of fused-ring (bicyclic) bond motifs is 1. The molecule has 2 aromatic carbocycles. The predicted molar refractivity (Wildman–Crippen MR) is 160 cm³/mol. The summed E-state index contributed by atoms with van der Waals surface area (Å²) in [5.74, 6) is -1.30. The van der Waals surface area contributed by atoms with Crippen molar-refractivity contribution >= 4 is 17.6 Å². The highest BCUT2D eigenvalue weighted by molar-refractivity contribution is 5.95. The number of aliphatic hydroxyl groups excluding tert-OH is 1. The number of aliphatic hydroxyl groups is 1. The van der Waals surface area contributed by atoms with Crippen LogP contribution in [0, 0.1) is 5.92 Å². The highest BCUT2D eigenvalue weighted by atomic mass is 16.7. The average Bonchev–Trinajstić information content (AvgIpc) is 3.65. The Balaban J connectivity index is 1.47. The first-order chi connectivity index (χ1) is 20.9. The van der Waals surface area contributed by atoms with E-state index in [1.165, 1.54) is 6.33 Å².